The molecule has 0 aromatic rings. The molecule has 0 bridgehead atoms. The van der Waals surface area contributed by atoms with Gasteiger partial charge in [-0.25, -0.2) is 0 Å². The van der Waals surface area contributed by atoms with Gasteiger partial charge in [-0.1, -0.05) is 6.92 Å². The van der Waals surface area contributed by atoms with Gasteiger partial charge in [-0.15, -0.1) is 0 Å². The van der Waals surface area contributed by atoms with Gasteiger partial charge in [0.05, 0.1) is 0 Å². The van der Waals surface area contributed by atoms with Gasteiger partial charge < -0.3 is 15.0 Å². The lowest BCUT2D eigenvalue weighted by Crippen LogP contribution is -2.40. The molecule has 1 fully saturated rings. The largest absolute Gasteiger partial charge is 0.381 e. The van der Waals surface area contributed by atoms with E-state index in [1.165, 1.54) is 25.8 Å². The van der Waals surface area contributed by atoms with Crippen molar-refractivity contribution in [3.8, 4) is 0 Å². The Morgan fingerprint density at radius 3 is 2.69 bits per heavy atom. The van der Waals surface area contributed by atoms with Crippen LogP contribution in [0, 0.1) is 5.92 Å². The first-order valence-corrected chi connectivity index (χ1v) is 6.72. The van der Waals surface area contributed by atoms with Gasteiger partial charge in [0, 0.05) is 32.3 Å². The van der Waals surface area contributed by atoms with E-state index in [0.29, 0.717) is 6.04 Å². The number of ether oxygens (including phenoxy) is 1. The van der Waals surface area contributed by atoms with Crippen LogP contribution in [-0.4, -0.2) is 50.8 Å². The molecule has 0 saturated carbocycles. The Bertz CT molecular complexity index is 169. The Labute approximate surface area is 101 Å². The molecule has 1 atom stereocenters. The summed E-state index contributed by atoms with van der Waals surface area (Å²) in [7, 11) is 2.24. The molecule has 1 aliphatic rings. The maximum atomic E-state index is 5.38. The van der Waals surface area contributed by atoms with E-state index in [0.717, 1.165) is 32.2 Å². The van der Waals surface area contributed by atoms with Crippen LogP contribution in [0.5, 0.6) is 0 Å². The summed E-state index contributed by atoms with van der Waals surface area (Å²) >= 11 is 0. The quantitative estimate of drug-likeness (QED) is 0.718. The summed E-state index contributed by atoms with van der Waals surface area (Å²) in [6.07, 6.45) is 3.69. The summed E-state index contributed by atoms with van der Waals surface area (Å²) in [6, 6.07) is 0.602. The third kappa shape index (κ3) is 5.83. The summed E-state index contributed by atoms with van der Waals surface area (Å²) in [6.45, 7) is 9.91. The highest BCUT2D eigenvalue weighted by atomic mass is 16.5. The number of hydrogen-bond acceptors (Lipinski definition) is 3. The van der Waals surface area contributed by atoms with E-state index in [-0.39, 0.29) is 0 Å². The molecular weight excluding hydrogens is 200 g/mol. The minimum Gasteiger partial charge on any atom is -0.381 e. The topological polar surface area (TPSA) is 24.5 Å². The zero-order valence-electron chi connectivity index (χ0n) is 11.2. The molecule has 3 heteroatoms. The van der Waals surface area contributed by atoms with Crippen LogP contribution in [0.3, 0.4) is 0 Å². The molecular formula is C13H28N2O. The zero-order chi connectivity index (χ0) is 11.8. The van der Waals surface area contributed by atoms with Crippen LogP contribution in [0.15, 0.2) is 0 Å². The molecule has 1 heterocycles. The van der Waals surface area contributed by atoms with Crippen molar-refractivity contribution in [2.75, 3.05) is 39.9 Å². The Kier molecular flexibility index (Phi) is 7.01. The van der Waals surface area contributed by atoms with Crippen molar-refractivity contribution in [2.24, 2.45) is 5.92 Å². The standard InChI is InChI=1S/C13H28N2O/c1-4-7-14-12(2)10-15(3)11-13-5-8-16-9-6-13/h12-14H,4-11H2,1-3H3. The molecule has 0 aromatic carbocycles. The van der Waals surface area contributed by atoms with Crippen molar-refractivity contribution in [3.05, 3.63) is 0 Å². The summed E-state index contributed by atoms with van der Waals surface area (Å²) in [5.74, 6) is 0.845. The smallest absolute Gasteiger partial charge is 0.0469 e. The van der Waals surface area contributed by atoms with Crippen LogP contribution in [0.2, 0.25) is 0 Å². The maximum absolute atomic E-state index is 5.38. The predicted octanol–water partition coefficient (Wildman–Crippen LogP) is 1.73. The van der Waals surface area contributed by atoms with Crippen molar-refractivity contribution in [1.29, 1.82) is 0 Å². The minimum absolute atomic E-state index is 0.602. The van der Waals surface area contributed by atoms with E-state index >= 15 is 0 Å². The van der Waals surface area contributed by atoms with Crippen LogP contribution in [-0.2, 0) is 4.74 Å². The Balaban J connectivity index is 2.11. The van der Waals surface area contributed by atoms with E-state index in [1.54, 1.807) is 0 Å². The third-order valence-electron chi connectivity index (χ3n) is 3.24. The fourth-order valence-corrected chi connectivity index (χ4v) is 2.37. The van der Waals surface area contributed by atoms with Gasteiger partial charge in [0.1, 0.15) is 0 Å². The average molecular weight is 228 g/mol. The monoisotopic (exact) mass is 228 g/mol. The second-order valence-corrected chi connectivity index (χ2v) is 5.13. The van der Waals surface area contributed by atoms with Gasteiger partial charge in [-0.3, -0.25) is 0 Å². The number of nitrogens with one attached hydrogen (secondary N) is 1. The Hall–Kier alpha value is -0.120. The molecule has 0 aliphatic carbocycles. The first-order chi connectivity index (χ1) is 7.72. The second-order valence-electron chi connectivity index (χ2n) is 5.13. The number of likely N-dealkylation sites (N-methyl/N-ethyl adjacent to an activating group) is 1. The first-order valence-electron chi connectivity index (χ1n) is 6.72. The molecule has 1 rings (SSSR count). The minimum atomic E-state index is 0.602. The van der Waals surface area contributed by atoms with Gasteiger partial charge in [-0.2, -0.15) is 0 Å². The van der Waals surface area contributed by atoms with Crippen LogP contribution in [0.25, 0.3) is 0 Å². The SMILES string of the molecule is CCCNC(C)CN(C)CC1CCOCC1. The highest BCUT2D eigenvalue weighted by Gasteiger charge is 2.16. The molecule has 0 amide bonds. The van der Waals surface area contributed by atoms with Crippen molar-refractivity contribution in [3.63, 3.8) is 0 Å². The van der Waals surface area contributed by atoms with Crippen LogP contribution < -0.4 is 5.32 Å². The summed E-state index contributed by atoms with van der Waals surface area (Å²) in [4.78, 5) is 2.46. The van der Waals surface area contributed by atoms with Crippen LogP contribution in [0.4, 0.5) is 0 Å². The molecule has 1 unspecified atom stereocenters. The van der Waals surface area contributed by atoms with Crippen LogP contribution >= 0.6 is 0 Å². The van der Waals surface area contributed by atoms with E-state index in [2.05, 4.69) is 31.1 Å². The highest BCUT2D eigenvalue weighted by Crippen LogP contribution is 2.15. The zero-order valence-corrected chi connectivity index (χ0v) is 11.2. The van der Waals surface area contributed by atoms with Crippen molar-refractivity contribution >= 4 is 0 Å². The van der Waals surface area contributed by atoms with Gasteiger partial charge in [-0.05, 0) is 45.7 Å². The maximum Gasteiger partial charge on any atom is 0.0469 e. The lowest BCUT2D eigenvalue weighted by atomic mass is 10.00. The number of hydrogen-bond donors (Lipinski definition) is 1. The van der Waals surface area contributed by atoms with Crippen LogP contribution in [0.1, 0.15) is 33.1 Å². The average Bonchev–Trinajstić information content (AvgIpc) is 2.27. The fraction of sp³-hybridized carbons (Fsp3) is 1.00. The molecule has 96 valence electrons. The summed E-state index contributed by atoms with van der Waals surface area (Å²) in [5, 5.41) is 3.53. The van der Waals surface area contributed by atoms with Crippen molar-refractivity contribution in [1.82, 2.24) is 10.2 Å². The molecule has 1 aliphatic heterocycles. The molecule has 1 N–H and O–H groups in total. The Morgan fingerprint density at radius 2 is 2.06 bits per heavy atom. The van der Waals surface area contributed by atoms with Crippen molar-refractivity contribution < 1.29 is 4.74 Å². The Morgan fingerprint density at radius 1 is 1.38 bits per heavy atom. The van der Waals surface area contributed by atoms with Gasteiger partial charge in [0.25, 0.3) is 0 Å². The lowest BCUT2D eigenvalue weighted by molar-refractivity contribution is 0.0549. The highest BCUT2D eigenvalue weighted by molar-refractivity contribution is 4.70. The second kappa shape index (κ2) is 8.04. The summed E-state index contributed by atoms with van der Waals surface area (Å²) < 4.78 is 5.38. The molecule has 3 nitrogen and oxygen atoms in total. The fourth-order valence-electron chi connectivity index (χ4n) is 2.37. The first kappa shape index (κ1) is 13.9. The van der Waals surface area contributed by atoms with Crippen molar-refractivity contribution in [2.45, 2.75) is 39.2 Å². The van der Waals surface area contributed by atoms with E-state index in [1.807, 2.05) is 0 Å². The van der Waals surface area contributed by atoms with E-state index in [4.69, 9.17) is 4.74 Å². The van der Waals surface area contributed by atoms with E-state index in [9.17, 15) is 0 Å². The normalized spacial score (nSPS) is 20.2. The van der Waals surface area contributed by atoms with E-state index < -0.39 is 0 Å². The summed E-state index contributed by atoms with van der Waals surface area (Å²) in [5.41, 5.74) is 0. The van der Waals surface area contributed by atoms with Gasteiger partial charge >= 0.3 is 0 Å². The predicted molar refractivity (Wildman–Crippen MR) is 68.8 cm³/mol. The molecule has 16 heavy (non-hydrogen) atoms. The number of rotatable bonds is 7. The molecule has 0 spiro atoms. The third-order valence-corrected chi connectivity index (χ3v) is 3.24. The molecule has 0 aromatic heterocycles. The van der Waals surface area contributed by atoms with Gasteiger partial charge in [0.15, 0.2) is 0 Å². The number of nitrogens with zero attached hydrogens (tertiary/aromatic N) is 1. The molecule has 0 radical (unpaired) electrons. The van der Waals surface area contributed by atoms with Gasteiger partial charge in [0.2, 0.25) is 0 Å². The lowest BCUT2D eigenvalue weighted by Gasteiger charge is -2.29. The molecule has 1 saturated heterocycles.